The van der Waals surface area contributed by atoms with Crippen LogP contribution in [0.15, 0.2) is 21.6 Å². The SMILES string of the molecule is CN=C(N)NC(NC(N)=NC)C1CCC(C2(C)CC3C(=CCO)CC4(CCC(CCC5(O)CCCC(O)C5)C4)C4OC4(C)CCC32)C1. The molecule has 266 valence electrons. The minimum absolute atomic E-state index is 0.0680. The molecule has 0 amide bonds. The van der Waals surface area contributed by atoms with Crippen molar-refractivity contribution in [3.05, 3.63) is 11.6 Å². The number of nitrogens with one attached hydrogen (secondary N) is 2. The van der Waals surface area contributed by atoms with Crippen molar-refractivity contribution in [2.75, 3.05) is 20.7 Å². The largest absolute Gasteiger partial charge is 0.393 e. The number of allylic oxidation sites excluding steroid dienone is 1. The van der Waals surface area contributed by atoms with Gasteiger partial charge in [-0.15, -0.1) is 0 Å². The summed E-state index contributed by atoms with van der Waals surface area (Å²) in [4.78, 5) is 8.26. The Labute approximate surface area is 282 Å². The molecule has 0 aromatic carbocycles. The lowest BCUT2D eigenvalue weighted by atomic mass is 9.46. The van der Waals surface area contributed by atoms with Crippen molar-refractivity contribution in [1.82, 2.24) is 10.6 Å². The summed E-state index contributed by atoms with van der Waals surface area (Å²) < 4.78 is 6.73. The predicted octanol–water partition coefficient (Wildman–Crippen LogP) is 3.93. The molecule has 1 aliphatic heterocycles. The van der Waals surface area contributed by atoms with Crippen molar-refractivity contribution < 1.29 is 20.1 Å². The van der Waals surface area contributed by atoms with Crippen molar-refractivity contribution in [2.45, 2.75) is 146 Å². The highest BCUT2D eigenvalue weighted by Crippen LogP contribution is 2.69. The van der Waals surface area contributed by atoms with E-state index in [2.05, 4.69) is 40.5 Å². The third kappa shape index (κ3) is 6.95. The van der Waals surface area contributed by atoms with Gasteiger partial charge >= 0.3 is 0 Å². The summed E-state index contributed by atoms with van der Waals surface area (Å²) in [5.74, 6) is 3.45. The summed E-state index contributed by atoms with van der Waals surface area (Å²) >= 11 is 0. The van der Waals surface area contributed by atoms with Gasteiger partial charge in [-0.3, -0.25) is 9.98 Å². The minimum Gasteiger partial charge on any atom is -0.393 e. The van der Waals surface area contributed by atoms with Crippen LogP contribution in [0.4, 0.5) is 0 Å². The Morgan fingerprint density at radius 2 is 1.74 bits per heavy atom. The van der Waals surface area contributed by atoms with Gasteiger partial charge in [0.2, 0.25) is 0 Å². The van der Waals surface area contributed by atoms with Crippen molar-refractivity contribution in [1.29, 1.82) is 0 Å². The molecule has 47 heavy (non-hydrogen) atoms. The second-order valence-corrected chi connectivity index (χ2v) is 17.1. The van der Waals surface area contributed by atoms with E-state index in [1.54, 1.807) is 14.1 Å². The molecule has 10 nitrogen and oxygen atoms in total. The zero-order chi connectivity index (χ0) is 33.6. The Morgan fingerprint density at radius 1 is 1.00 bits per heavy atom. The number of nitrogens with zero attached hydrogens (tertiary/aromatic N) is 2. The van der Waals surface area contributed by atoms with Gasteiger partial charge in [-0.05, 0) is 138 Å². The molecule has 0 radical (unpaired) electrons. The molecule has 6 rings (SSSR count). The van der Waals surface area contributed by atoms with Crippen LogP contribution in [0, 0.1) is 40.4 Å². The van der Waals surface area contributed by atoms with Crippen molar-refractivity contribution in [3.8, 4) is 0 Å². The molecule has 1 heterocycles. The highest BCUT2D eigenvalue weighted by Gasteiger charge is 2.67. The quantitative estimate of drug-likeness (QED) is 0.0677. The van der Waals surface area contributed by atoms with Crippen LogP contribution in [0.3, 0.4) is 0 Å². The van der Waals surface area contributed by atoms with Crippen LogP contribution in [0.25, 0.3) is 0 Å². The molecular weight excluding hydrogens is 592 g/mol. The molecule has 0 aromatic rings. The van der Waals surface area contributed by atoms with Crippen molar-refractivity contribution in [3.63, 3.8) is 0 Å². The first-order valence-corrected chi connectivity index (χ1v) is 18.7. The number of hydrogen-bond donors (Lipinski definition) is 7. The third-order valence-electron chi connectivity index (χ3n) is 14.3. The summed E-state index contributed by atoms with van der Waals surface area (Å²) in [7, 11) is 3.38. The first kappa shape index (κ1) is 35.0. The van der Waals surface area contributed by atoms with E-state index in [0.29, 0.717) is 47.9 Å². The molecule has 0 aromatic heterocycles. The van der Waals surface area contributed by atoms with Crippen LogP contribution in [-0.2, 0) is 4.74 Å². The van der Waals surface area contributed by atoms with E-state index < -0.39 is 5.60 Å². The van der Waals surface area contributed by atoms with Crippen LogP contribution in [-0.4, -0.2) is 77.5 Å². The smallest absolute Gasteiger partial charge is 0.189 e. The van der Waals surface area contributed by atoms with Gasteiger partial charge < -0.3 is 42.2 Å². The highest BCUT2D eigenvalue weighted by atomic mass is 16.6. The number of epoxide rings is 1. The Morgan fingerprint density at radius 3 is 2.43 bits per heavy atom. The standard InChI is InChI=1S/C37H64N6O4/c1-34(26-8-7-24(18-26)30(42-32(38)40-3)43-33(39)41-4)22-28-25(12-17-44)20-36(31-35(2,47-31)14-11-29(28)34)15-9-23(19-36)10-16-37(46)13-5-6-27(45)21-37/h12,23-24,26-31,44-46H,5-11,13-22H2,1-4H3,(H3,38,40,42)(H3,39,41,43). The van der Waals surface area contributed by atoms with Gasteiger partial charge in [0.05, 0.1) is 30.0 Å². The van der Waals surface area contributed by atoms with Gasteiger partial charge in [-0.2, -0.15) is 0 Å². The van der Waals surface area contributed by atoms with Gasteiger partial charge in [0.15, 0.2) is 11.9 Å². The summed E-state index contributed by atoms with van der Waals surface area (Å²) in [6.07, 6.45) is 18.2. The Balaban J connectivity index is 1.15. The maximum Gasteiger partial charge on any atom is 0.189 e. The second kappa shape index (κ2) is 13.4. The highest BCUT2D eigenvalue weighted by molar-refractivity contribution is 5.81. The molecule has 1 saturated heterocycles. The molecule has 11 atom stereocenters. The van der Waals surface area contributed by atoms with E-state index in [9.17, 15) is 15.3 Å². The number of ether oxygens (including phenoxy) is 1. The lowest BCUT2D eigenvalue weighted by molar-refractivity contribution is -0.0702. The van der Waals surface area contributed by atoms with Crippen LogP contribution in [0.2, 0.25) is 0 Å². The number of aliphatic imine (C=N–C) groups is 2. The summed E-state index contributed by atoms with van der Waals surface area (Å²) in [6.45, 7) is 4.99. The molecule has 11 unspecified atom stereocenters. The summed E-state index contributed by atoms with van der Waals surface area (Å²) in [5, 5.41) is 38.4. The van der Waals surface area contributed by atoms with E-state index >= 15 is 0 Å². The van der Waals surface area contributed by atoms with Gasteiger partial charge in [-0.1, -0.05) is 18.6 Å². The number of nitrogens with two attached hydrogens (primary N) is 2. The number of rotatable bonds is 8. The molecule has 9 N–H and O–H groups in total. The molecular formula is C37H64N6O4. The molecule has 5 aliphatic carbocycles. The monoisotopic (exact) mass is 656 g/mol. The van der Waals surface area contributed by atoms with Crippen LogP contribution in [0.1, 0.15) is 117 Å². The Hall–Kier alpha value is -1.88. The Kier molecular flexibility index (Phi) is 10.00. The number of aliphatic hydroxyl groups is 3. The first-order chi connectivity index (χ1) is 22.4. The number of hydrogen-bond acceptors (Lipinski definition) is 6. The normalized spacial score (nSPS) is 47.0. The number of fused-ring (bicyclic) bond motifs is 3. The van der Waals surface area contributed by atoms with Gasteiger partial charge in [-0.25, -0.2) is 0 Å². The van der Waals surface area contributed by atoms with Crippen molar-refractivity contribution >= 4 is 11.9 Å². The average molecular weight is 657 g/mol. The molecule has 6 aliphatic rings. The molecule has 6 fully saturated rings. The lowest BCUT2D eigenvalue weighted by Crippen LogP contribution is -2.56. The number of guanidine groups is 2. The molecule has 10 heteroatoms. The van der Waals surface area contributed by atoms with Crippen molar-refractivity contribution in [2.24, 2.45) is 61.9 Å². The van der Waals surface area contributed by atoms with Crippen LogP contribution < -0.4 is 22.1 Å². The fraction of sp³-hybridized carbons (Fsp3) is 0.892. The maximum absolute atomic E-state index is 11.2. The van der Waals surface area contributed by atoms with E-state index in [1.807, 2.05) is 0 Å². The summed E-state index contributed by atoms with van der Waals surface area (Å²) in [6, 6.07) is 0. The molecule has 5 saturated carbocycles. The topological polar surface area (TPSA) is 174 Å². The number of aliphatic hydroxyl groups excluding tert-OH is 2. The third-order valence-corrected chi connectivity index (χ3v) is 14.3. The second-order valence-electron chi connectivity index (χ2n) is 17.1. The fourth-order valence-corrected chi connectivity index (χ4v) is 11.6. The van der Waals surface area contributed by atoms with Crippen LogP contribution >= 0.6 is 0 Å². The van der Waals surface area contributed by atoms with E-state index in [1.165, 1.54) is 24.8 Å². The molecule has 0 bridgehead atoms. The van der Waals surface area contributed by atoms with Gasteiger partial charge in [0, 0.05) is 25.9 Å². The van der Waals surface area contributed by atoms with Crippen LogP contribution in [0.5, 0.6) is 0 Å². The lowest BCUT2D eigenvalue weighted by Gasteiger charge is -2.59. The molecule has 1 spiro atoms. The first-order valence-electron chi connectivity index (χ1n) is 18.7. The fourth-order valence-electron chi connectivity index (χ4n) is 11.6. The van der Waals surface area contributed by atoms with Gasteiger partial charge in [0.1, 0.15) is 6.17 Å². The summed E-state index contributed by atoms with van der Waals surface area (Å²) in [5.41, 5.74) is 13.3. The predicted molar refractivity (Wildman–Crippen MR) is 186 cm³/mol. The average Bonchev–Trinajstić information content (AvgIpc) is 3.35. The van der Waals surface area contributed by atoms with E-state index in [4.69, 9.17) is 16.2 Å². The van der Waals surface area contributed by atoms with E-state index in [0.717, 1.165) is 77.0 Å². The zero-order valence-electron chi connectivity index (χ0n) is 29.5. The van der Waals surface area contributed by atoms with E-state index in [-0.39, 0.29) is 41.4 Å². The Bertz CT molecular complexity index is 1210. The minimum atomic E-state index is -0.709. The maximum atomic E-state index is 11.2. The van der Waals surface area contributed by atoms with Gasteiger partial charge in [0.25, 0.3) is 0 Å². The zero-order valence-corrected chi connectivity index (χ0v) is 29.5.